The number of rotatable bonds is 3. The van der Waals surface area contributed by atoms with Crippen LogP contribution in [0, 0.1) is 5.82 Å². The Morgan fingerprint density at radius 2 is 1.80 bits per heavy atom. The maximum absolute atomic E-state index is 13.0. The van der Waals surface area contributed by atoms with Crippen LogP contribution in [-0.4, -0.2) is 0 Å². The third-order valence-electron chi connectivity index (χ3n) is 2.55. The van der Waals surface area contributed by atoms with E-state index >= 15 is 0 Å². The predicted molar refractivity (Wildman–Crippen MR) is 69.9 cm³/mol. The van der Waals surface area contributed by atoms with Crippen molar-refractivity contribution in [3.63, 3.8) is 0 Å². The van der Waals surface area contributed by atoms with Crippen molar-refractivity contribution in [2.45, 2.75) is 12.8 Å². The Hall–Kier alpha value is -1.56. The molecule has 2 aromatic carbocycles. The van der Waals surface area contributed by atoms with E-state index in [9.17, 15) is 17.6 Å². The molecule has 0 radical (unpaired) electrons. The van der Waals surface area contributed by atoms with Gasteiger partial charge in [-0.15, -0.1) is 0 Å². The van der Waals surface area contributed by atoms with Crippen LogP contribution < -0.4 is 4.74 Å². The van der Waals surface area contributed by atoms with Gasteiger partial charge in [0, 0.05) is 0 Å². The van der Waals surface area contributed by atoms with Crippen LogP contribution >= 0.6 is 15.9 Å². The third-order valence-corrected chi connectivity index (χ3v) is 3.16. The minimum Gasteiger partial charge on any atom is -0.489 e. The summed E-state index contributed by atoms with van der Waals surface area (Å²) < 4.78 is 56.2. The zero-order chi connectivity index (χ0) is 14.8. The van der Waals surface area contributed by atoms with Gasteiger partial charge in [0.2, 0.25) is 0 Å². The molecule has 0 heterocycles. The lowest BCUT2D eigenvalue weighted by Crippen LogP contribution is -2.06. The summed E-state index contributed by atoms with van der Waals surface area (Å²) in [6.07, 6.45) is -4.38. The molecule has 0 spiro atoms. The minimum absolute atomic E-state index is 0.0258. The summed E-state index contributed by atoms with van der Waals surface area (Å²) in [4.78, 5) is 0. The van der Waals surface area contributed by atoms with Gasteiger partial charge in [-0.2, -0.15) is 13.2 Å². The van der Waals surface area contributed by atoms with Gasteiger partial charge in [-0.3, -0.25) is 0 Å². The highest BCUT2D eigenvalue weighted by Gasteiger charge is 2.30. The summed E-state index contributed by atoms with van der Waals surface area (Å²) in [5.41, 5.74) is -0.334. The molecular formula is C14H9BrF4O. The third kappa shape index (κ3) is 3.72. The molecule has 2 aromatic rings. The van der Waals surface area contributed by atoms with Crippen molar-refractivity contribution in [2.75, 3.05) is 0 Å². The van der Waals surface area contributed by atoms with E-state index in [0.717, 1.165) is 12.1 Å². The van der Waals surface area contributed by atoms with Crippen LogP contribution in [0.3, 0.4) is 0 Å². The lowest BCUT2D eigenvalue weighted by molar-refractivity contribution is -0.137. The van der Waals surface area contributed by atoms with Crippen LogP contribution in [0.2, 0.25) is 0 Å². The van der Waals surface area contributed by atoms with Gasteiger partial charge in [0.1, 0.15) is 18.2 Å². The fraction of sp³-hybridized carbons (Fsp3) is 0.143. The van der Waals surface area contributed by atoms with E-state index in [-0.39, 0.29) is 11.1 Å². The molecule has 0 aliphatic rings. The van der Waals surface area contributed by atoms with Crippen LogP contribution in [-0.2, 0) is 12.8 Å². The largest absolute Gasteiger partial charge is 0.489 e. The van der Waals surface area contributed by atoms with Gasteiger partial charge in [0.15, 0.2) is 0 Å². The average Bonchev–Trinajstić information content (AvgIpc) is 2.39. The molecule has 0 atom stereocenters. The quantitative estimate of drug-likeness (QED) is 0.694. The summed E-state index contributed by atoms with van der Waals surface area (Å²) in [5.74, 6) is -0.0629. The van der Waals surface area contributed by atoms with E-state index < -0.39 is 17.6 Å². The van der Waals surface area contributed by atoms with Crippen molar-refractivity contribution in [1.29, 1.82) is 0 Å². The molecule has 0 aliphatic heterocycles. The van der Waals surface area contributed by atoms with Crippen LogP contribution in [0.1, 0.15) is 11.1 Å². The monoisotopic (exact) mass is 348 g/mol. The van der Waals surface area contributed by atoms with Gasteiger partial charge < -0.3 is 4.74 Å². The Labute approximate surface area is 121 Å². The van der Waals surface area contributed by atoms with Crippen LogP contribution in [0.5, 0.6) is 5.75 Å². The lowest BCUT2D eigenvalue weighted by atomic mass is 10.1. The van der Waals surface area contributed by atoms with Gasteiger partial charge >= 0.3 is 6.18 Å². The molecule has 20 heavy (non-hydrogen) atoms. The van der Waals surface area contributed by atoms with Gasteiger partial charge in [0.25, 0.3) is 0 Å². The fourth-order valence-electron chi connectivity index (χ4n) is 1.57. The molecule has 2 rings (SSSR count). The zero-order valence-corrected chi connectivity index (χ0v) is 11.6. The fourth-order valence-corrected chi connectivity index (χ4v) is 1.93. The number of alkyl halides is 3. The van der Waals surface area contributed by atoms with E-state index in [0.29, 0.717) is 11.3 Å². The standard InChI is InChI=1S/C14H9BrF4O/c15-12-7-11(4-5-13(12)16)20-8-9-2-1-3-10(6-9)14(17,18)19/h1-7H,8H2. The molecular weight excluding hydrogens is 340 g/mol. The molecule has 0 N–H and O–H groups in total. The first-order chi connectivity index (χ1) is 9.36. The number of halogens is 5. The Morgan fingerprint density at radius 3 is 2.45 bits per heavy atom. The normalized spacial score (nSPS) is 11.4. The van der Waals surface area contributed by atoms with Crippen molar-refractivity contribution < 1.29 is 22.3 Å². The van der Waals surface area contributed by atoms with Crippen molar-refractivity contribution >= 4 is 15.9 Å². The molecule has 0 fully saturated rings. The first kappa shape index (κ1) is 14.8. The van der Waals surface area contributed by atoms with E-state index in [1.54, 1.807) is 0 Å². The Kier molecular flexibility index (Phi) is 4.32. The molecule has 106 valence electrons. The van der Waals surface area contributed by atoms with Gasteiger partial charge in [-0.25, -0.2) is 4.39 Å². The van der Waals surface area contributed by atoms with Crippen molar-refractivity contribution in [3.8, 4) is 5.75 Å². The summed E-state index contributed by atoms with van der Waals surface area (Å²) >= 11 is 3.01. The maximum atomic E-state index is 13.0. The molecule has 0 amide bonds. The smallest absolute Gasteiger partial charge is 0.416 e. The number of hydrogen-bond donors (Lipinski definition) is 0. The molecule has 0 saturated heterocycles. The number of benzene rings is 2. The van der Waals surface area contributed by atoms with Crippen molar-refractivity contribution in [3.05, 3.63) is 63.9 Å². The predicted octanol–water partition coefficient (Wildman–Crippen LogP) is 5.19. The first-order valence-electron chi connectivity index (χ1n) is 5.60. The van der Waals surface area contributed by atoms with Crippen molar-refractivity contribution in [2.24, 2.45) is 0 Å². The summed E-state index contributed by atoms with van der Waals surface area (Å²) in [6.45, 7) is -0.0258. The highest BCUT2D eigenvalue weighted by Crippen LogP contribution is 2.30. The molecule has 1 nitrogen and oxygen atoms in total. The SMILES string of the molecule is Fc1ccc(OCc2cccc(C(F)(F)F)c2)cc1Br. The number of ether oxygens (including phenoxy) is 1. The minimum atomic E-state index is -4.38. The molecule has 0 saturated carbocycles. The molecule has 6 heteroatoms. The second kappa shape index (κ2) is 5.83. The second-order valence-electron chi connectivity index (χ2n) is 4.06. The maximum Gasteiger partial charge on any atom is 0.416 e. The Bertz CT molecular complexity index is 610. The second-order valence-corrected chi connectivity index (χ2v) is 4.92. The summed E-state index contributed by atoms with van der Waals surface area (Å²) in [6, 6.07) is 8.93. The Balaban J connectivity index is 2.09. The van der Waals surface area contributed by atoms with E-state index in [1.165, 1.54) is 30.3 Å². The van der Waals surface area contributed by atoms with Crippen LogP contribution in [0.4, 0.5) is 17.6 Å². The van der Waals surface area contributed by atoms with Gasteiger partial charge in [-0.1, -0.05) is 12.1 Å². The highest BCUT2D eigenvalue weighted by molar-refractivity contribution is 9.10. The zero-order valence-electron chi connectivity index (χ0n) is 10.0. The van der Waals surface area contributed by atoms with E-state index in [1.807, 2.05) is 0 Å². The van der Waals surface area contributed by atoms with Crippen LogP contribution in [0.15, 0.2) is 46.9 Å². The molecule has 0 unspecified atom stereocenters. The highest BCUT2D eigenvalue weighted by atomic mass is 79.9. The first-order valence-corrected chi connectivity index (χ1v) is 6.39. The molecule has 0 aliphatic carbocycles. The summed E-state index contributed by atoms with van der Waals surface area (Å²) in [7, 11) is 0. The molecule has 0 aromatic heterocycles. The topological polar surface area (TPSA) is 9.23 Å². The van der Waals surface area contributed by atoms with Crippen LogP contribution in [0.25, 0.3) is 0 Å². The number of hydrogen-bond acceptors (Lipinski definition) is 1. The Morgan fingerprint density at radius 1 is 1.05 bits per heavy atom. The van der Waals surface area contributed by atoms with Crippen molar-refractivity contribution in [1.82, 2.24) is 0 Å². The van der Waals surface area contributed by atoms with Gasteiger partial charge in [0.05, 0.1) is 10.0 Å². The van der Waals surface area contributed by atoms with E-state index in [2.05, 4.69) is 15.9 Å². The van der Waals surface area contributed by atoms with Gasteiger partial charge in [-0.05, 0) is 51.8 Å². The lowest BCUT2D eigenvalue weighted by Gasteiger charge is -2.10. The molecule has 0 bridgehead atoms. The average molecular weight is 349 g/mol. The van der Waals surface area contributed by atoms with E-state index in [4.69, 9.17) is 4.74 Å². The summed E-state index contributed by atoms with van der Waals surface area (Å²) in [5, 5.41) is 0.